The molecule has 0 amide bonds. The molecule has 0 radical (unpaired) electrons. The van der Waals surface area contributed by atoms with Crippen molar-refractivity contribution >= 4 is 0 Å². The first-order valence-electron chi connectivity index (χ1n) is 10.5. The molecule has 0 aromatic rings. The van der Waals surface area contributed by atoms with Crippen LogP contribution in [0.25, 0.3) is 0 Å². The van der Waals surface area contributed by atoms with Gasteiger partial charge in [0.05, 0.1) is 26.4 Å². The van der Waals surface area contributed by atoms with Crippen LogP contribution in [0.5, 0.6) is 0 Å². The van der Waals surface area contributed by atoms with Crippen LogP contribution in [-0.2, 0) is 23.7 Å². The first-order valence-corrected chi connectivity index (χ1v) is 10.5. The number of aliphatic hydroxyl groups excluding tert-OH is 10. The monoisotopic (exact) mass is 504 g/mol. The molecule has 0 saturated carbocycles. The molecule has 0 spiro atoms. The quantitative estimate of drug-likeness (QED) is 0.132. The van der Waals surface area contributed by atoms with E-state index in [1.54, 1.807) is 0 Å². The van der Waals surface area contributed by atoms with Gasteiger partial charge < -0.3 is 79.9 Å². The van der Waals surface area contributed by atoms with Gasteiger partial charge in [-0.1, -0.05) is 0 Å². The predicted molar refractivity (Wildman–Crippen MR) is 101 cm³/mol. The van der Waals surface area contributed by atoms with Gasteiger partial charge in [-0.2, -0.15) is 0 Å². The molecular formula is C18H32O16. The Balaban J connectivity index is 1.65. The van der Waals surface area contributed by atoms with E-state index in [4.69, 9.17) is 28.8 Å². The van der Waals surface area contributed by atoms with Gasteiger partial charge in [0.2, 0.25) is 17.4 Å². The minimum atomic E-state index is -2.47. The molecule has 0 aliphatic carbocycles. The summed E-state index contributed by atoms with van der Waals surface area (Å²) < 4.78 is 26.4. The molecule has 3 aliphatic heterocycles. The Hall–Kier alpha value is -0.640. The summed E-state index contributed by atoms with van der Waals surface area (Å²) in [6.45, 7) is -5.05. The molecule has 3 heterocycles. The minimum absolute atomic E-state index is 0.655. The first-order chi connectivity index (χ1) is 15.9. The highest BCUT2D eigenvalue weighted by atomic mass is 16.8. The van der Waals surface area contributed by atoms with Crippen LogP contribution in [0.4, 0.5) is 0 Å². The molecule has 12 atom stereocenters. The van der Waals surface area contributed by atoms with Crippen LogP contribution in [0.1, 0.15) is 0 Å². The predicted octanol–water partition coefficient (Wildman–Crippen LogP) is -7.57. The fourth-order valence-corrected chi connectivity index (χ4v) is 4.17. The molecule has 12 unspecified atom stereocenters. The van der Waals surface area contributed by atoms with E-state index < -0.39 is 112 Å². The van der Waals surface area contributed by atoms with Crippen LogP contribution in [0.15, 0.2) is 0 Å². The largest absolute Gasteiger partial charge is 0.394 e. The molecule has 200 valence electrons. The van der Waals surface area contributed by atoms with E-state index >= 15 is 0 Å². The maximum Gasteiger partial charge on any atom is 0.221 e. The van der Waals surface area contributed by atoms with Crippen molar-refractivity contribution in [1.82, 2.24) is 0 Å². The van der Waals surface area contributed by atoms with E-state index in [0.717, 1.165) is 0 Å². The van der Waals surface area contributed by atoms with Crippen LogP contribution in [-0.4, -0.2) is 168 Å². The van der Waals surface area contributed by atoms with Crippen molar-refractivity contribution in [1.29, 1.82) is 0 Å². The molecule has 3 saturated heterocycles. The lowest BCUT2D eigenvalue weighted by Crippen LogP contribution is -2.50. The number of hydrogen-bond donors (Lipinski definition) is 11. The van der Waals surface area contributed by atoms with Crippen molar-refractivity contribution in [2.75, 3.05) is 39.6 Å². The average Bonchev–Trinajstić information content (AvgIpc) is 3.33. The standard InChI is InChI=1S/C18H32O16/c19-1-7-10(23)14(27)17(5-21,33-7)31-3-9-12(25)15(28)18(6-22,34-9)30-2-8-11(24)13(26)16(29,4-20)32-8/h7-15,19-29H,1-6H2. The normalized spacial score (nSPS) is 51.4. The lowest BCUT2D eigenvalue weighted by Gasteiger charge is -2.33. The summed E-state index contributed by atoms with van der Waals surface area (Å²) in [6, 6.07) is 0. The van der Waals surface area contributed by atoms with Crippen LogP contribution in [0.3, 0.4) is 0 Å². The summed E-state index contributed by atoms with van der Waals surface area (Å²) in [5.74, 6) is -6.93. The maximum atomic E-state index is 10.4. The van der Waals surface area contributed by atoms with E-state index in [1.165, 1.54) is 0 Å². The molecular weight excluding hydrogens is 472 g/mol. The number of ether oxygens (including phenoxy) is 5. The number of aliphatic hydroxyl groups is 11. The second kappa shape index (κ2) is 10.4. The number of hydrogen-bond acceptors (Lipinski definition) is 16. The molecule has 3 rings (SSSR count). The van der Waals surface area contributed by atoms with Crippen molar-refractivity contribution in [3.05, 3.63) is 0 Å². The lowest BCUT2D eigenvalue weighted by molar-refractivity contribution is -0.311. The van der Waals surface area contributed by atoms with Crippen LogP contribution in [0.2, 0.25) is 0 Å². The van der Waals surface area contributed by atoms with Crippen molar-refractivity contribution in [2.45, 2.75) is 72.3 Å². The maximum absolute atomic E-state index is 10.4. The Morgan fingerprint density at radius 3 is 1.35 bits per heavy atom. The third-order valence-electron chi connectivity index (χ3n) is 6.36. The fraction of sp³-hybridized carbons (Fsp3) is 1.00. The Morgan fingerprint density at radius 2 is 0.971 bits per heavy atom. The van der Waals surface area contributed by atoms with Crippen LogP contribution >= 0.6 is 0 Å². The Morgan fingerprint density at radius 1 is 0.559 bits per heavy atom. The molecule has 0 aromatic carbocycles. The molecule has 0 bridgehead atoms. The summed E-state index contributed by atoms with van der Waals surface area (Å²) in [6.07, 6.45) is -14.7. The highest BCUT2D eigenvalue weighted by Crippen LogP contribution is 2.37. The van der Waals surface area contributed by atoms with Gasteiger partial charge in [0.1, 0.15) is 68.1 Å². The molecule has 16 nitrogen and oxygen atoms in total. The molecule has 11 N–H and O–H groups in total. The molecule has 16 heteroatoms. The zero-order chi connectivity index (χ0) is 25.5. The molecule has 3 aliphatic rings. The molecule has 3 fully saturated rings. The zero-order valence-corrected chi connectivity index (χ0v) is 17.9. The van der Waals surface area contributed by atoms with Gasteiger partial charge in [-0.05, 0) is 0 Å². The zero-order valence-electron chi connectivity index (χ0n) is 17.9. The summed E-state index contributed by atoms with van der Waals surface area (Å²) in [4.78, 5) is 0. The Kier molecular flexibility index (Phi) is 8.53. The third-order valence-corrected chi connectivity index (χ3v) is 6.36. The van der Waals surface area contributed by atoms with E-state index in [2.05, 4.69) is 0 Å². The van der Waals surface area contributed by atoms with E-state index in [1.807, 2.05) is 0 Å². The number of rotatable bonds is 10. The highest BCUT2D eigenvalue weighted by molar-refractivity contribution is 5.01. The van der Waals surface area contributed by atoms with Gasteiger partial charge in [-0.3, -0.25) is 0 Å². The topological polar surface area (TPSA) is 269 Å². The summed E-state index contributed by atoms with van der Waals surface area (Å²) in [5.41, 5.74) is 0. The van der Waals surface area contributed by atoms with Gasteiger partial charge >= 0.3 is 0 Å². The van der Waals surface area contributed by atoms with Gasteiger partial charge in [-0.25, -0.2) is 0 Å². The smallest absolute Gasteiger partial charge is 0.221 e. The van der Waals surface area contributed by atoms with E-state index in [9.17, 15) is 51.1 Å². The highest BCUT2D eigenvalue weighted by Gasteiger charge is 2.60. The lowest BCUT2D eigenvalue weighted by atomic mass is 10.0. The fourth-order valence-electron chi connectivity index (χ4n) is 4.17. The summed E-state index contributed by atoms with van der Waals surface area (Å²) in [7, 11) is 0. The van der Waals surface area contributed by atoms with Crippen molar-refractivity contribution in [2.24, 2.45) is 0 Å². The minimum Gasteiger partial charge on any atom is -0.394 e. The SMILES string of the molecule is OCC1OC(CO)(OCC2OC(CO)(OCC3OC(O)(CO)C(O)C3O)C(O)C2O)C(O)C1O. The van der Waals surface area contributed by atoms with Crippen LogP contribution in [0, 0.1) is 0 Å². The average molecular weight is 504 g/mol. The van der Waals surface area contributed by atoms with Crippen molar-refractivity contribution < 1.29 is 79.9 Å². The van der Waals surface area contributed by atoms with E-state index in [-0.39, 0.29) is 0 Å². The molecule has 34 heavy (non-hydrogen) atoms. The van der Waals surface area contributed by atoms with Crippen molar-refractivity contribution in [3.8, 4) is 0 Å². The van der Waals surface area contributed by atoms with Gasteiger partial charge in [0.25, 0.3) is 0 Å². The Bertz CT molecular complexity index is 684. The summed E-state index contributed by atoms with van der Waals surface area (Å²) in [5, 5.41) is 109. The van der Waals surface area contributed by atoms with E-state index in [0.29, 0.717) is 0 Å². The van der Waals surface area contributed by atoms with Crippen LogP contribution < -0.4 is 0 Å². The summed E-state index contributed by atoms with van der Waals surface area (Å²) >= 11 is 0. The first kappa shape index (κ1) is 27.9. The van der Waals surface area contributed by atoms with Gasteiger partial charge in [0.15, 0.2) is 0 Å². The third kappa shape index (κ3) is 4.59. The van der Waals surface area contributed by atoms with Crippen molar-refractivity contribution in [3.63, 3.8) is 0 Å². The molecule has 0 aromatic heterocycles. The second-order valence-corrected chi connectivity index (χ2v) is 8.52. The van der Waals surface area contributed by atoms with Gasteiger partial charge in [0, 0.05) is 0 Å². The van der Waals surface area contributed by atoms with Gasteiger partial charge in [-0.15, -0.1) is 0 Å². The Labute approximate surface area is 192 Å². The second-order valence-electron chi connectivity index (χ2n) is 8.52.